The van der Waals surface area contributed by atoms with Crippen LogP contribution in [0.25, 0.3) is 0 Å². The molecule has 136 valence electrons. The minimum Gasteiger partial charge on any atom is -0.489 e. The van der Waals surface area contributed by atoms with E-state index in [1.54, 1.807) is 12.1 Å². The number of hydrogen-bond acceptors (Lipinski definition) is 4. The Bertz CT molecular complexity index is 765. The van der Waals surface area contributed by atoms with Crippen LogP contribution in [-0.4, -0.2) is 18.8 Å². The second kappa shape index (κ2) is 9.22. The van der Waals surface area contributed by atoms with Crippen LogP contribution in [0.3, 0.4) is 0 Å². The number of ether oxygens (including phenoxy) is 3. The summed E-state index contributed by atoms with van der Waals surface area (Å²) in [6, 6.07) is 15.3. The summed E-state index contributed by atoms with van der Waals surface area (Å²) in [5, 5.41) is 10.0. The van der Waals surface area contributed by atoms with Gasteiger partial charge in [-0.1, -0.05) is 48.6 Å². The van der Waals surface area contributed by atoms with Gasteiger partial charge in [-0.3, -0.25) is 0 Å². The molecule has 0 saturated carbocycles. The highest BCUT2D eigenvalue weighted by Crippen LogP contribution is 2.28. The highest BCUT2D eigenvalue weighted by molar-refractivity contribution is 5.39. The molecule has 2 aromatic rings. The maximum atomic E-state index is 10.0. The fourth-order valence-corrected chi connectivity index (χ4v) is 2.72. The molecule has 3 rings (SSSR count). The van der Waals surface area contributed by atoms with Crippen LogP contribution in [0.2, 0.25) is 0 Å². The second-order valence-electron chi connectivity index (χ2n) is 6.15. The van der Waals surface area contributed by atoms with Crippen LogP contribution in [0.5, 0.6) is 11.5 Å². The first-order chi connectivity index (χ1) is 12.7. The molecule has 2 aromatic carbocycles. The van der Waals surface area contributed by atoms with Gasteiger partial charge in [0.05, 0.1) is 0 Å². The van der Waals surface area contributed by atoms with Gasteiger partial charge in [-0.25, -0.2) is 0 Å². The number of hydrogen-bond donors (Lipinski definition) is 1. The average Bonchev–Trinajstić information content (AvgIpc) is 2.71. The van der Waals surface area contributed by atoms with Gasteiger partial charge in [0, 0.05) is 18.7 Å². The molecule has 0 fully saturated rings. The summed E-state index contributed by atoms with van der Waals surface area (Å²) in [6.45, 7) is 0.932. The van der Waals surface area contributed by atoms with E-state index in [1.807, 2.05) is 36.4 Å². The van der Waals surface area contributed by atoms with Crippen molar-refractivity contribution in [1.82, 2.24) is 0 Å². The fourth-order valence-electron chi connectivity index (χ4n) is 2.72. The van der Waals surface area contributed by atoms with Gasteiger partial charge < -0.3 is 19.3 Å². The van der Waals surface area contributed by atoms with Crippen LogP contribution < -0.4 is 9.47 Å². The van der Waals surface area contributed by atoms with Crippen molar-refractivity contribution in [2.45, 2.75) is 25.7 Å². The summed E-state index contributed by atoms with van der Waals surface area (Å²) < 4.78 is 16.8. The lowest BCUT2D eigenvalue weighted by atomic mass is 10.1. The van der Waals surface area contributed by atoms with E-state index in [4.69, 9.17) is 14.2 Å². The maximum Gasteiger partial charge on any atom is 0.181 e. The Kier molecular flexibility index (Phi) is 6.47. The average molecular weight is 352 g/mol. The van der Waals surface area contributed by atoms with E-state index < -0.39 is 6.29 Å². The van der Waals surface area contributed by atoms with Crippen molar-refractivity contribution in [3.63, 3.8) is 0 Å². The predicted octanol–water partition coefficient (Wildman–Crippen LogP) is 4.56. The lowest BCUT2D eigenvalue weighted by Crippen LogP contribution is -2.05. The van der Waals surface area contributed by atoms with Crippen molar-refractivity contribution in [2.75, 3.05) is 13.7 Å². The molecule has 1 N–H and O–H groups in total. The van der Waals surface area contributed by atoms with Crippen molar-refractivity contribution in [1.29, 1.82) is 0 Å². The Morgan fingerprint density at radius 2 is 1.69 bits per heavy atom. The van der Waals surface area contributed by atoms with E-state index in [2.05, 4.69) is 18.2 Å². The number of aliphatic hydroxyl groups is 1. The Labute approximate surface area is 154 Å². The number of benzene rings is 2. The van der Waals surface area contributed by atoms with Crippen molar-refractivity contribution < 1.29 is 19.3 Å². The molecular formula is C22H24O4. The molecule has 26 heavy (non-hydrogen) atoms. The molecule has 1 aliphatic rings. The number of methoxy groups -OCH3 is 1. The van der Waals surface area contributed by atoms with Crippen LogP contribution >= 0.6 is 0 Å². The summed E-state index contributed by atoms with van der Waals surface area (Å²) >= 11 is 0. The molecule has 0 bridgehead atoms. The third-order valence-corrected chi connectivity index (χ3v) is 4.14. The molecule has 0 heterocycles. The largest absolute Gasteiger partial charge is 0.489 e. The van der Waals surface area contributed by atoms with Gasteiger partial charge in [0.25, 0.3) is 0 Å². The van der Waals surface area contributed by atoms with Gasteiger partial charge in [-0.15, -0.1) is 0 Å². The van der Waals surface area contributed by atoms with Crippen LogP contribution in [-0.2, 0) is 11.3 Å². The monoisotopic (exact) mass is 352 g/mol. The second-order valence-corrected chi connectivity index (χ2v) is 6.15. The van der Waals surface area contributed by atoms with E-state index in [0.717, 1.165) is 24.0 Å². The molecule has 0 spiro atoms. The zero-order valence-electron chi connectivity index (χ0n) is 14.9. The molecule has 0 amide bonds. The minimum atomic E-state index is -1.02. The van der Waals surface area contributed by atoms with E-state index >= 15 is 0 Å². The lowest BCUT2D eigenvalue weighted by molar-refractivity contribution is -0.0771. The Morgan fingerprint density at radius 3 is 2.35 bits per heavy atom. The van der Waals surface area contributed by atoms with Gasteiger partial charge in [-0.05, 0) is 36.1 Å². The fraction of sp³-hybridized carbons (Fsp3) is 0.273. The summed E-state index contributed by atoms with van der Waals surface area (Å²) in [5.74, 6) is 1.27. The Balaban J connectivity index is 1.72. The van der Waals surface area contributed by atoms with Crippen LogP contribution in [0.15, 0.2) is 72.3 Å². The first-order valence-electron chi connectivity index (χ1n) is 8.75. The third kappa shape index (κ3) is 5.22. The number of aliphatic hydroxyl groups excluding tert-OH is 1. The zero-order chi connectivity index (χ0) is 18.2. The van der Waals surface area contributed by atoms with Gasteiger partial charge in [-0.2, -0.15) is 0 Å². The maximum absolute atomic E-state index is 10.0. The van der Waals surface area contributed by atoms with Crippen molar-refractivity contribution in [3.05, 3.63) is 83.5 Å². The molecule has 1 atom stereocenters. The molecule has 0 radical (unpaired) electrons. The first kappa shape index (κ1) is 18.2. The molecule has 4 heteroatoms. The third-order valence-electron chi connectivity index (χ3n) is 4.14. The molecule has 1 aliphatic carbocycles. The normalized spacial score (nSPS) is 14.6. The highest BCUT2D eigenvalue weighted by Gasteiger charge is 2.11. The summed E-state index contributed by atoms with van der Waals surface area (Å²) in [5.41, 5.74) is 2.83. The van der Waals surface area contributed by atoms with Crippen molar-refractivity contribution in [2.24, 2.45) is 0 Å². The van der Waals surface area contributed by atoms with Crippen LogP contribution in [0, 0.1) is 0 Å². The van der Waals surface area contributed by atoms with Gasteiger partial charge in [0.1, 0.15) is 24.7 Å². The van der Waals surface area contributed by atoms with Gasteiger partial charge >= 0.3 is 0 Å². The van der Waals surface area contributed by atoms with Crippen LogP contribution in [0.4, 0.5) is 0 Å². The zero-order valence-corrected chi connectivity index (χ0v) is 14.9. The smallest absolute Gasteiger partial charge is 0.181 e. The Hall–Kier alpha value is -2.56. The molecular weight excluding hydrogens is 328 g/mol. The van der Waals surface area contributed by atoms with Crippen molar-refractivity contribution >= 4 is 0 Å². The summed E-state index contributed by atoms with van der Waals surface area (Å²) in [4.78, 5) is 0. The summed E-state index contributed by atoms with van der Waals surface area (Å²) in [6.07, 6.45) is 7.52. The van der Waals surface area contributed by atoms with Gasteiger partial charge in [0.15, 0.2) is 6.29 Å². The Morgan fingerprint density at radius 1 is 0.962 bits per heavy atom. The standard InChI is InChI=1S/C22H24O4/c1-24-22(23)19-12-20(25-15-17-8-4-2-5-9-17)14-21(13-19)26-16-18-10-6-3-7-11-18/h2,4-6,8-14,22-23H,3,7,15-16H2,1H3. The number of allylic oxidation sites excluding steroid dienone is 2. The molecule has 0 saturated heterocycles. The minimum absolute atomic E-state index is 0.445. The quantitative estimate of drug-likeness (QED) is 0.708. The SMILES string of the molecule is COC(O)c1cc(OCC2=CCCC=C2)cc(OCc2ccccc2)c1. The van der Waals surface area contributed by atoms with E-state index in [0.29, 0.717) is 30.3 Å². The van der Waals surface area contributed by atoms with E-state index in [9.17, 15) is 5.11 Å². The van der Waals surface area contributed by atoms with Crippen molar-refractivity contribution in [3.8, 4) is 11.5 Å². The first-order valence-corrected chi connectivity index (χ1v) is 8.75. The van der Waals surface area contributed by atoms with Crippen LogP contribution in [0.1, 0.15) is 30.3 Å². The molecule has 0 aromatic heterocycles. The predicted molar refractivity (Wildman–Crippen MR) is 101 cm³/mol. The van der Waals surface area contributed by atoms with E-state index in [1.165, 1.54) is 7.11 Å². The highest BCUT2D eigenvalue weighted by atomic mass is 16.6. The molecule has 1 unspecified atom stereocenters. The summed E-state index contributed by atoms with van der Waals surface area (Å²) in [7, 11) is 1.46. The van der Waals surface area contributed by atoms with Gasteiger partial charge in [0.2, 0.25) is 0 Å². The number of rotatable bonds is 8. The molecule has 0 aliphatic heterocycles. The topological polar surface area (TPSA) is 47.9 Å². The lowest BCUT2D eigenvalue weighted by Gasteiger charge is -2.15. The molecule has 4 nitrogen and oxygen atoms in total. The van der Waals surface area contributed by atoms with E-state index in [-0.39, 0.29) is 0 Å².